The Morgan fingerprint density at radius 3 is 1.71 bits per heavy atom. The molecule has 14 heavy (non-hydrogen) atoms. The van der Waals surface area contributed by atoms with Gasteiger partial charge in [-0.25, -0.2) is 0 Å². The number of nitrogens with two attached hydrogens (primary N) is 1. The van der Waals surface area contributed by atoms with Crippen LogP contribution >= 0.6 is 15.9 Å². The number of unbranched alkanes of at least 4 members (excludes halogenated alkanes) is 7. The summed E-state index contributed by atoms with van der Waals surface area (Å²) in [7, 11) is 0. The van der Waals surface area contributed by atoms with Gasteiger partial charge >= 0.3 is 0 Å². The fourth-order valence-corrected chi connectivity index (χ4v) is 1.85. The number of alkyl halides is 1. The van der Waals surface area contributed by atoms with Gasteiger partial charge in [-0.2, -0.15) is 0 Å². The van der Waals surface area contributed by atoms with Gasteiger partial charge in [-0.1, -0.05) is 54.5 Å². The van der Waals surface area contributed by atoms with Gasteiger partial charge < -0.3 is 5.73 Å². The Morgan fingerprint density at radius 2 is 1.29 bits per heavy atom. The molecule has 0 spiro atoms. The van der Waals surface area contributed by atoms with Crippen molar-refractivity contribution in [1.29, 1.82) is 0 Å². The van der Waals surface area contributed by atoms with Gasteiger partial charge in [-0.3, -0.25) is 4.79 Å². The minimum Gasteiger partial charge on any atom is -0.370 e. The van der Waals surface area contributed by atoms with Crippen LogP contribution in [0.15, 0.2) is 0 Å². The molecule has 84 valence electrons. The Kier molecular flexibility index (Phi) is 11.0. The van der Waals surface area contributed by atoms with E-state index in [9.17, 15) is 4.79 Å². The van der Waals surface area contributed by atoms with Crippen LogP contribution in [0.2, 0.25) is 0 Å². The zero-order valence-corrected chi connectivity index (χ0v) is 10.5. The third-order valence-corrected chi connectivity index (χ3v) is 2.87. The second-order valence-electron chi connectivity index (χ2n) is 3.73. The maximum absolute atomic E-state index is 10.4. The first kappa shape index (κ1) is 13.9. The molecule has 0 unspecified atom stereocenters. The molecule has 3 heteroatoms. The second-order valence-corrected chi connectivity index (χ2v) is 4.53. The average Bonchev–Trinajstić information content (AvgIpc) is 2.15. The van der Waals surface area contributed by atoms with Crippen molar-refractivity contribution in [3.8, 4) is 0 Å². The predicted octanol–water partition coefficient (Wildman–Crippen LogP) is 3.38. The summed E-state index contributed by atoms with van der Waals surface area (Å²) in [6.07, 6.45) is 10.6. The lowest BCUT2D eigenvalue weighted by atomic mass is 10.1. The van der Waals surface area contributed by atoms with Crippen LogP contribution in [0.25, 0.3) is 0 Å². The number of halogens is 1. The highest BCUT2D eigenvalue weighted by molar-refractivity contribution is 9.09. The van der Waals surface area contributed by atoms with Crippen LogP contribution in [0.1, 0.15) is 57.8 Å². The second kappa shape index (κ2) is 11.0. The number of amides is 1. The van der Waals surface area contributed by atoms with Crippen molar-refractivity contribution in [3.63, 3.8) is 0 Å². The van der Waals surface area contributed by atoms with Gasteiger partial charge in [-0.05, 0) is 12.8 Å². The molecule has 0 aromatic carbocycles. The Labute approximate surface area is 95.8 Å². The van der Waals surface area contributed by atoms with E-state index in [1.807, 2.05) is 0 Å². The van der Waals surface area contributed by atoms with E-state index in [1.165, 1.54) is 38.5 Å². The Balaban J connectivity index is 2.88. The van der Waals surface area contributed by atoms with Crippen LogP contribution in [-0.4, -0.2) is 11.2 Å². The number of carbonyl (C=O) groups excluding carboxylic acids is 1. The lowest BCUT2D eigenvalue weighted by Gasteiger charge is -2.00. The van der Waals surface area contributed by atoms with Crippen molar-refractivity contribution in [2.24, 2.45) is 5.73 Å². The molecule has 0 heterocycles. The third-order valence-electron chi connectivity index (χ3n) is 2.31. The van der Waals surface area contributed by atoms with E-state index in [-0.39, 0.29) is 5.91 Å². The molecule has 0 aliphatic heterocycles. The normalized spacial score (nSPS) is 10.4. The molecule has 0 aliphatic rings. The van der Waals surface area contributed by atoms with Crippen molar-refractivity contribution in [2.75, 3.05) is 5.33 Å². The van der Waals surface area contributed by atoms with Crippen LogP contribution in [0, 0.1) is 0 Å². The Hall–Kier alpha value is -0.0500. The summed E-state index contributed by atoms with van der Waals surface area (Å²) in [6, 6.07) is 0. The van der Waals surface area contributed by atoms with Gasteiger partial charge in [0.25, 0.3) is 0 Å². The molecule has 0 aromatic heterocycles. The summed E-state index contributed by atoms with van der Waals surface area (Å²) in [4.78, 5) is 10.4. The highest BCUT2D eigenvalue weighted by atomic mass is 79.9. The molecule has 0 aromatic rings. The summed E-state index contributed by atoms with van der Waals surface area (Å²) in [5.41, 5.74) is 5.04. The predicted molar refractivity (Wildman–Crippen MR) is 64.5 cm³/mol. The van der Waals surface area contributed by atoms with Gasteiger partial charge in [0.2, 0.25) is 5.91 Å². The van der Waals surface area contributed by atoms with E-state index in [4.69, 9.17) is 5.73 Å². The number of hydrogen-bond donors (Lipinski definition) is 1. The molecule has 0 atom stereocenters. The number of hydrogen-bond acceptors (Lipinski definition) is 1. The zero-order valence-electron chi connectivity index (χ0n) is 8.93. The fourth-order valence-electron chi connectivity index (χ4n) is 1.45. The average molecular weight is 264 g/mol. The molecule has 2 N–H and O–H groups in total. The molecule has 0 rings (SSSR count). The van der Waals surface area contributed by atoms with E-state index in [0.717, 1.165) is 18.2 Å². The minimum absolute atomic E-state index is 0.165. The maximum Gasteiger partial charge on any atom is 0.217 e. The number of primary amides is 1. The first-order valence-corrected chi connectivity index (χ1v) is 6.74. The standard InChI is InChI=1S/C11H22BrNO/c12-10-8-6-4-2-1-3-5-7-9-11(13)14/h1-10H2,(H2,13,14). The lowest BCUT2D eigenvalue weighted by Crippen LogP contribution is -2.09. The van der Waals surface area contributed by atoms with Crippen LogP contribution in [0.4, 0.5) is 0 Å². The number of carbonyl (C=O) groups is 1. The largest absolute Gasteiger partial charge is 0.370 e. The van der Waals surface area contributed by atoms with E-state index in [2.05, 4.69) is 15.9 Å². The molecule has 1 amide bonds. The highest BCUT2D eigenvalue weighted by Crippen LogP contribution is 2.09. The summed E-state index contributed by atoms with van der Waals surface area (Å²) < 4.78 is 0. The smallest absolute Gasteiger partial charge is 0.217 e. The molecule has 0 radical (unpaired) electrons. The number of rotatable bonds is 10. The summed E-state index contributed by atoms with van der Waals surface area (Å²) >= 11 is 3.42. The summed E-state index contributed by atoms with van der Waals surface area (Å²) in [5.74, 6) is -0.165. The van der Waals surface area contributed by atoms with Crippen LogP contribution in [0.5, 0.6) is 0 Å². The SMILES string of the molecule is NC(=O)CCCCCCCCCCBr. The maximum atomic E-state index is 10.4. The van der Waals surface area contributed by atoms with Gasteiger partial charge in [0.1, 0.15) is 0 Å². The zero-order chi connectivity index (χ0) is 10.6. The molecule has 0 aliphatic carbocycles. The minimum atomic E-state index is -0.165. The topological polar surface area (TPSA) is 43.1 Å². The molecule has 0 saturated carbocycles. The van der Waals surface area contributed by atoms with Gasteiger partial charge in [0.05, 0.1) is 0 Å². The molecular weight excluding hydrogens is 242 g/mol. The Bertz CT molecular complexity index is 139. The van der Waals surface area contributed by atoms with Crippen molar-refractivity contribution >= 4 is 21.8 Å². The van der Waals surface area contributed by atoms with Gasteiger partial charge in [0, 0.05) is 11.8 Å². The first-order chi connectivity index (χ1) is 6.77. The molecule has 0 saturated heterocycles. The third kappa shape index (κ3) is 11.9. The van der Waals surface area contributed by atoms with Gasteiger partial charge in [0.15, 0.2) is 0 Å². The van der Waals surface area contributed by atoms with Crippen molar-refractivity contribution in [1.82, 2.24) is 0 Å². The van der Waals surface area contributed by atoms with Crippen molar-refractivity contribution in [2.45, 2.75) is 57.8 Å². The van der Waals surface area contributed by atoms with E-state index >= 15 is 0 Å². The van der Waals surface area contributed by atoms with Crippen LogP contribution in [0.3, 0.4) is 0 Å². The fraction of sp³-hybridized carbons (Fsp3) is 0.909. The van der Waals surface area contributed by atoms with Crippen molar-refractivity contribution in [3.05, 3.63) is 0 Å². The molecule has 0 fully saturated rings. The first-order valence-electron chi connectivity index (χ1n) is 5.61. The molecular formula is C11H22BrNO. The lowest BCUT2D eigenvalue weighted by molar-refractivity contribution is -0.118. The van der Waals surface area contributed by atoms with Gasteiger partial charge in [-0.15, -0.1) is 0 Å². The van der Waals surface area contributed by atoms with E-state index in [0.29, 0.717) is 6.42 Å². The quantitative estimate of drug-likeness (QED) is 0.477. The van der Waals surface area contributed by atoms with Crippen molar-refractivity contribution < 1.29 is 4.79 Å². The summed E-state index contributed by atoms with van der Waals surface area (Å²) in [5, 5.41) is 1.13. The van der Waals surface area contributed by atoms with E-state index in [1.54, 1.807) is 0 Å². The summed E-state index contributed by atoms with van der Waals surface area (Å²) in [6.45, 7) is 0. The van der Waals surface area contributed by atoms with Crippen LogP contribution < -0.4 is 5.73 Å². The Morgan fingerprint density at radius 1 is 0.857 bits per heavy atom. The van der Waals surface area contributed by atoms with Crippen LogP contribution in [-0.2, 0) is 4.79 Å². The highest BCUT2D eigenvalue weighted by Gasteiger charge is 1.94. The molecule has 0 bridgehead atoms. The van der Waals surface area contributed by atoms with E-state index < -0.39 is 0 Å². The molecule has 2 nitrogen and oxygen atoms in total. The monoisotopic (exact) mass is 263 g/mol.